The first kappa shape index (κ1) is 76.7. The third-order valence-corrected chi connectivity index (χ3v) is 30.2. The average Bonchev–Trinajstić information content (AvgIpc) is 1.56. The molecule has 8 heteroatoms. The molecular weight excluding hydrogens is 1660 g/mol. The fourth-order valence-corrected chi connectivity index (χ4v) is 24.6. The van der Waals surface area contributed by atoms with E-state index in [2.05, 4.69) is 448 Å². The van der Waals surface area contributed by atoms with Gasteiger partial charge in [-0.1, -0.05) is 382 Å². The van der Waals surface area contributed by atoms with E-state index < -0.39 is 0 Å². The van der Waals surface area contributed by atoms with Gasteiger partial charge in [-0.3, -0.25) is 0 Å². The first-order valence-electron chi connectivity index (χ1n) is 44.8. The minimum Gasteiger partial charge on any atom is -0.311 e. The van der Waals surface area contributed by atoms with E-state index in [9.17, 15) is 0 Å². The highest BCUT2D eigenvalue weighted by Crippen LogP contribution is 2.61. The Morgan fingerprint density at radius 2 is 0.462 bits per heavy atom. The number of hydrogen-bond donors (Lipinski definition) is 0. The van der Waals surface area contributed by atoms with Crippen LogP contribution in [0, 0.1) is 0 Å². The maximum Gasteiger partial charge on any atom is 0.171 e. The lowest BCUT2D eigenvalue weighted by Gasteiger charge is -2.25. The highest BCUT2D eigenvalue weighted by Gasteiger charge is 2.34. The van der Waals surface area contributed by atoms with Crippen LogP contribution in [0.4, 0.5) is 17.1 Å². The largest absolute Gasteiger partial charge is 0.311 e. The van der Waals surface area contributed by atoms with Crippen molar-refractivity contribution in [2.24, 2.45) is 0 Å². The number of hydrogen-bond acceptors (Lipinski definition) is 8. The van der Waals surface area contributed by atoms with Gasteiger partial charge in [-0.15, -0.1) is 34.0 Å². The molecule has 614 valence electrons. The molecule has 3 aliphatic rings. The molecule has 0 bridgehead atoms. The minimum atomic E-state index is 0.773. The number of thiophene rings is 3. The summed E-state index contributed by atoms with van der Waals surface area (Å²) in [7, 11) is 0. The fourth-order valence-electron chi connectivity index (χ4n) is 20.6. The van der Waals surface area contributed by atoms with Crippen LogP contribution in [-0.2, 0) is 0 Å². The van der Waals surface area contributed by atoms with Gasteiger partial charge in [-0.2, -0.15) is 0 Å². The van der Waals surface area contributed by atoms with Crippen molar-refractivity contribution >= 4 is 136 Å². The molecule has 0 amide bonds. The van der Waals surface area contributed by atoms with Crippen LogP contribution < -0.4 is 4.90 Å². The molecule has 0 saturated heterocycles. The normalized spacial score (nSPS) is 11.8. The van der Waals surface area contributed by atoms with Crippen molar-refractivity contribution in [2.75, 3.05) is 4.90 Å². The maximum atomic E-state index is 5.36. The Balaban J connectivity index is 0.000000104. The number of fused-ring (bicyclic) bond motifs is 23. The van der Waals surface area contributed by atoms with Crippen LogP contribution in [0.25, 0.3) is 250 Å². The molecule has 20 aromatic carbocycles. The van der Waals surface area contributed by atoms with Gasteiger partial charge in [0.15, 0.2) is 5.82 Å². The number of anilines is 3. The summed E-state index contributed by atoms with van der Waals surface area (Å²) in [5.41, 5.74) is 37.7. The van der Waals surface area contributed by atoms with Gasteiger partial charge in [-0.05, 0) is 205 Å². The van der Waals surface area contributed by atoms with Crippen LogP contribution in [-0.4, -0.2) is 19.9 Å². The topological polar surface area (TPSA) is 54.8 Å². The summed E-state index contributed by atoms with van der Waals surface area (Å²) in [6.07, 6.45) is 0. The zero-order valence-electron chi connectivity index (χ0n) is 71.3. The summed E-state index contributed by atoms with van der Waals surface area (Å²) in [6, 6.07) is 163. The number of nitrogens with zero attached hydrogens (tertiary/aromatic N) is 5. The van der Waals surface area contributed by atoms with Crippen LogP contribution in [0.1, 0.15) is 0 Å². The lowest BCUT2D eigenvalue weighted by atomic mass is 9.93. The van der Waals surface area contributed by atoms with Gasteiger partial charge >= 0.3 is 0 Å². The molecule has 25 aromatic rings. The standard InChI is InChI=1S/C48H31NS.2C38H22N2S/c1-3-14-36(15-4-1)49(37-16-5-2-6-17-37)38-29-27-33(28-30-38)32-23-25-34(26-24-32)47-45-43-22-12-11-20-41(43)40-19-9-10-21-42(40)44-31-35-13-7-8-18-39(35)48(50-47)46(44)45;1-2-12-23(13-3-1)35-36(40-32-21-11-10-20-31(32)39-35)38-33-29-19-9-8-17-27(29)26-16-6-7-18-28(26)30-22-24-14-4-5-15-25(24)37(41-38)34(30)33;1-2-12-23(13-3-1)35-30-20-10-11-21-32(30)39-38(40-35)37-33-29-19-9-8-17-27(29)26-16-6-7-18-28(26)31-22-24-14-4-5-15-25(24)36(41-37)34(31)33/h1-31H;2*1-22H. The quantitative estimate of drug-likeness (QED) is 0.144. The molecular formula is C124H75N5S3. The molecule has 5 nitrogen and oxygen atoms in total. The van der Waals surface area contributed by atoms with Gasteiger partial charge in [-0.25, -0.2) is 19.9 Å². The van der Waals surface area contributed by atoms with Crippen molar-refractivity contribution in [3.63, 3.8) is 0 Å². The first-order valence-corrected chi connectivity index (χ1v) is 47.3. The summed E-state index contributed by atoms with van der Waals surface area (Å²) in [5, 5.41) is 12.7. The predicted molar refractivity (Wildman–Crippen MR) is 561 cm³/mol. The van der Waals surface area contributed by atoms with Crippen molar-refractivity contribution < 1.29 is 0 Å². The second-order valence-electron chi connectivity index (χ2n) is 33.9. The molecule has 5 aromatic heterocycles. The van der Waals surface area contributed by atoms with Gasteiger partial charge in [0, 0.05) is 85.4 Å². The van der Waals surface area contributed by atoms with Crippen molar-refractivity contribution in [3.05, 3.63) is 455 Å². The molecule has 0 spiro atoms. The van der Waals surface area contributed by atoms with Gasteiger partial charge in [0.1, 0.15) is 5.69 Å². The first-order chi connectivity index (χ1) is 65.5. The summed E-state index contributed by atoms with van der Waals surface area (Å²) >= 11 is 5.60. The third kappa shape index (κ3) is 12.7. The molecule has 0 saturated carbocycles. The predicted octanol–water partition coefficient (Wildman–Crippen LogP) is 35.5. The number of rotatable bonds is 9. The molecule has 5 heterocycles. The van der Waals surface area contributed by atoms with E-state index in [1.54, 1.807) is 0 Å². The summed E-state index contributed by atoms with van der Waals surface area (Å²) in [4.78, 5) is 27.0. The van der Waals surface area contributed by atoms with Crippen LogP contribution in [0.3, 0.4) is 0 Å². The van der Waals surface area contributed by atoms with E-state index in [0.717, 1.165) is 82.8 Å². The zero-order valence-corrected chi connectivity index (χ0v) is 73.7. The Morgan fingerprint density at radius 1 is 0.174 bits per heavy atom. The molecule has 0 N–H and O–H groups in total. The fraction of sp³-hybridized carbons (Fsp3) is 0. The van der Waals surface area contributed by atoms with Crippen molar-refractivity contribution in [1.29, 1.82) is 0 Å². The van der Waals surface area contributed by atoms with Gasteiger partial charge in [0.25, 0.3) is 0 Å². The molecule has 28 rings (SSSR count). The Morgan fingerprint density at radius 3 is 0.894 bits per heavy atom. The Hall–Kier alpha value is -16.5. The van der Waals surface area contributed by atoms with Gasteiger partial charge < -0.3 is 4.90 Å². The van der Waals surface area contributed by atoms with Crippen LogP contribution in [0.15, 0.2) is 455 Å². The highest BCUT2D eigenvalue weighted by molar-refractivity contribution is 7.25. The van der Waals surface area contributed by atoms with E-state index in [0.29, 0.717) is 0 Å². The Kier molecular flexibility index (Phi) is 18.5. The van der Waals surface area contributed by atoms with Gasteiger partial charge in [0.05, 0.1) is 37.7 Å². The third-order valence-electron chi connectivity index (χ3n) is 26.5. The number of benzene rings is 20. The lowest BCUT2D eigenvalue weighted by Crippen LogP contribution is -2.09. The van der Waals surface area contributed by atoms with E-state index in [-0.39, 0.29) is 0 Å². The lowest BCUT2D eigenvalue weighted by molar-refractivity contribution is 1.24. The summed E-state index contributed by atoms with van der Waals surface area (Å²) in [6.45, 7) is 0. The van der Waals surface area contributed by atoms with E-state index in [1.165, 1.54) is 184 Å². The van der Waals surface area contributed by atoms with Crippen LogP contribution >= 0.6 is 34.0 Å². The Labute approximate surface area is 774 Å². The molecule has 3 aliphatic carbocycles. The average molecular weight is 1730 g/mol. The maximum absolute atomic E-state index is 5.36. The Bertz CT molecular complexity index is 8910. The second-order valence-corrected chi connectivity index (χ2v) is 37.0. The summed E-state index contributed by atoms with van der Waals surface area (Å²) in [5.74, 6) is 0.773. The highest BCUT2D eigenvalue weighted by atomic mass is 32.1. The van der Waals surface area contributed by atoms with Crippen molar-refractivity contribution in [2.45, 2.75) is 0 Å². The molecule has 132 heavy (non-hydrogen) atoms. The SMILES string of the molecule is c1ccc(-c2nc(-c3sc4c5c(cc6ccccc64)-c4ccccc4-c4ccccc4-c35)nc3ccccc23)cc1.c1ccc(-c2nc3ccccc3nc2-c2sc3c4c(cc5ccccc53)-c3ccccc3-c3ccccc3-c24)cc1.c1ccc(N(c2ccccc2)c2ccc(-c3ccc(-c4sc5c6c(cc7ccccc75)-c5ccccc5-c5ccccc5-c46)cc3)cc2)cc1. The van der Waals surface area contributed by atoms with Crippen LogP contribution in [0.5, 0.6) is 0 Å². The minimum absolute atomic E-state index is 0.773. The molecule has 0 aliphatic heterocycles. The van der Waals surface area contributed by atoms with Gasteiger partial charge in [0.2, 0.25) is 0 Å². The van der Waals surface area contributed by atoms with Crippen molar-refractivity contribution in [3.8, 4) is 165 Å². The molecule has 0 unspecified atom stereocenters. The zero-order chi connectivity index (χ0) is 86.9. The molecule has 0 radical (unpaired) electrons. The number of aromatic nitrogens is 4. The smallest absolute Gasteiger partial charge is 0.171 e. The molecule has 0 fully saturated rings. The van der Waals surface area contributed by atoms with E-state index in [4.69, 9.17) is 19.9 Å². The van der Waals surface area contributed by atoms with Crippen LogP contribution in [0.2, 0.25) is 0 Å². The summed E-state index contributed by atoms with van der Waals surface area (Å²) < 4.78 is 3.94. The number of para-hydroxylation sites is 5. The van der Waals surface area contributed by atoms with Crippen molar-refractivity contribution in [1.82, 2.24) is 19.9 Å². The van der Waals surface area contributed by atoms with E-state index >= 15 is 0 Å². The second kappa shape index (κ2) is 31.8. The monoisotopic (exact) mass is 1730 g/mol. The van der Waals surface area contributed by atoms with E-state index in [1.807, 2.05) is 46.1 Å². The molecule has 0 atom stereocenters.